The largest absolute Gasteiger partial charge is 0.366 e. The van der Waals surface area contributed by atoms with E-state index in [4.69, 9.17) is 0 Å². The molecule has 0 aromatic carbocycles. The second kappa shape index (κ2) is 5.26. The van der Waals surface area contributed by atoms with Crippen LogP contribution in [0.2, 0.25) is 0 Å². The third-order valence-corrected chi connectivity index (χ3v) is 5.94. The number of hydrogen-bond acceptors (Lipinski definition) is 3. The highest BCUT2D eigenvalue weighted by Crippen LogP contribution is 2.33. The van der Waals surface area contributed by atoms with Gasteiger partial charge in [-0.1, -0.05) is 0 Å². The van der Waals surface area contributed by atoms with Crippen molar-refractivity contribution in [3.8, 4) is 0 Å². The zero-order valence-electron chi connectivity index (χ0n) is 11.0. The molecule has 0 atom stereocenters. The molecule has 1 aromatic heterocycles. The van der Waals surface area contributed by atoms with Crippen LogP contribution in [-0.4, -0.2) is 43.4 Å². The van der Waals surface area contributed by atoms with Crippen molar-refractivity contribution in [3.63, 3.8) is 0 Å². The van der Waals surface area contributed by atoms with E-state index >= 15 is 0 Å². The van der Waals surface area contributed by atoms with Crippen molar-refractivity contribution in [2.45, 2.75) is 36.6 Å². The maximum Gasteiger partial charge on any atom is 0.244 e. The van der Waals surface area contributed by atoms with Gasteiger partial charge in [-0.3, -0.25) is 0 Å². The van der Waals surface area contributed by atoms with E-state index in [0.717, 1.165) is 38.8 Å². The smallest absolute Gasteiger partial charge is 0.244 e. The Bertz CT molecular complexity index is 502. The van der Waals surface area contributed by atoms with Crippen molar-refractivity contribution in [2.75, 3.05) is 19.6 Å². The molecule has 2 fully saturated rings. The molecular weight excluding hydrogens is 262 g/mol. The molecule has 2 heterocycles. The SMILES string of the molecule is O=S(=O)(c1cc[nH]c1)N(CC1CCNCC1)C1CC1. The molecule has 3 rings (SSSR count). The summed E-state index contributed by atoms with van der Waals surface area (Å²) >= 11 is 0. The van der Waals surface area contributed by atoms with E-state index in [2.05, 4.69) is 10.3 Å². The summed E-state index contributed by atoms with van der Waals surface area (Å²) in [7, 11) is -3.31. The van der Waals surface area contributed by atoms with Crippen LogP contribution in [-0.2, 0) is 10.0 Å². The van der Waals surface area contributed by atoms with Gasteiger partial charge in [-0.25, -0.2) is 8.42 Å². The van der Waals surface area contributed by atoms with Crippen LogP contribution in [0.5, 0.6) is 0 Å². The quantitative estimate of drug-likeness (QED) is 0.852. The highest BCUT2D eigenvalue weighted by Gasteiger charge is 2.39. The summed E-state index contributed by atoms with van der Waals surface area (Å²) in [5, 5.41) is 3.33. The van der Waals surface area contributed by atoms with Gasteiger partial charge in [-0.15, -0.1) is 0 Å². The van der Waals surface area contributed by atoms with Gasteiger partial charge in [-0.05, 0) is 50.8 Å². The number of aromatic nitrogens is 1. The Hall–Kier alpha value is -0.850. The van der Waals surface area contributed by atoms with Crippen LogP contribution >= 0.6 is 0 Å². The Morgan fingerprint density at radius 1 is 1.21 bits per heavy atom. The second-order valence-electron chi connectivity index (χ2n) is 5.55. The molecule has 6 heteroatoms. The molecule has 1 saturated carbocycles. The molecule has 2 N–H and O–H groups in total. The highest BCUT2D eigenvalue weighted by atomic mass is 32.2. The van der Waals surface area contributed by atoms with Gasteiger partial charge in [0.15, 0.2) is 0 Å². The minimum absolute atomic E-state index is 0.231. The summed E-state index contributed by atoms with van der Waals surface area (Å²) in [4.78, 5) is 3.23. The maximum absolute atomic E-state index is 12.6. The van der Waals surface area contributed by atoms with Crippen LogP contribution < -0.4 is 5.32 Å². The average Bonchev–Trinajstić information content (AvgIpc) is 3.09. The van der Waals surface area contributed by atoms with Gasteiger partial charge in [0.05, 0.1) is 4.90 Å². The number of rotatable bonds is 5. The fraction of sp³-hybridized carbons (Fsp3) is 0.692. The molecule has 1 saturated heterocycles. The lowest BCUT2D eigenvalue weighted by molar-refractivity contribution is 0.283. The number of aromatic amines is 1. The molecule has 0 spiro atoms. The number of hydrogen-bond donors (Lipinski definition) is 2. The Morgan fingerprint density at radius 3 is 2.53 bits per heavy atom. The van der Waals surface area contributed by atoms with Crippen LogP contribution in [0.1, 0.15) is 25.7 Å². The lowest BCUT2D eigenvalue weighted by Crippen LogP contribution is -2.40. The first-order chi connectivity index (χ1) is 9.18. The zero-order valence-corrected chi connectivity index (χ0v) is 11.8. The van der Waals surface area contributed by atoms with Gasteiger partial charge in [0.2, 0.25) is 10.0 Å². The van der Waals surface area contributed by atoms with Gasteiger partial charge >= 0.3 is 0 Å². The van der Waals surface area contributed by atoms with Gasteiger partial charge in [0.25, 0.3) is 0 Å². The number of nitrogens with one attached hydrogen (secondary N) is 2. The van der Waals surface area contributed by atoms with Crippen molar-refractivity contribution in [1.82, 2.24) is 14.6 Å². The minimum atomic E-state index is -3.31. The Morgan fingerprint density at radius 2 is 1.95 bits per heavy atom. The highest BCUT2D eigenvalue weighted by molar-refractivity contribution is 7.89. The first-order valence-corrected chi connectivity index (χ1v) is 8.47. The molecular formula is C13H21N3O2S. The molecule has 5 nitrogen and oxygen atoms in total. The minimum Gasteiger partial charge on any atom is -0.366 e. The van der Waals surface area contributed by atoms with Crippen molar-refractivity contribution >= 4 is 10.0 Å². The van der Waals surface area contributed by atoms with Gasteiger partial charge < -0.3 is 10.3 Å². The van der Waals surface area contributed by atoms with E-state index in [0.29, 0.717) is 17.4 Å². The molecule has 0 unspecified atom stereocenters. The summed E-state index contributed by atoms with van der Waals surface area (Å²) < 4.78 is 27.0. The fourth-order valence-electron chi connectivity index (χ4n) is 2.73. The zero-order chi connectivity index (χ0) is 13.3. The lowest BCUT2D eigenvalue weighted by atomic mass is 9.98. The van der Waals surface area contributed by atoms with E-state index in [9.17, 15) is 8.42 Å². The van der Waals surface area contributed by atoms with Crippen LogP contribution in [0.3, 0.4) is 0 Å². The van der Waals surface area contributed by atoms with Gasteiger partial charge in [-0.2, -0.15) is 4.31 Å². The molecule has 1 aliphatic carbocycles. The van der Waals surface area contributed by atoms with Crippen LogP contribution in [0.15, 0.2) is 23.4 Å². The summed E-state index contributed by atoms with van der Waals surface area (Å²) in [6, 6.07) is 1.88. The Balaban J connectivity index is 1.77. The number of H-pyrrole nitrogens is 1. The number of sulfonamides is 1. The molecule has 0 amide bonds. The van der Waals surface area contributed by atoms with Crippen molar-refractivity contribution in [2.24, 2.45) is 5.92 Å². The van der Waals surface area contributed by atoms with E-state index in [-0.39, 0.29) is 6.04 Å². The van der Waals surface area contributed by atoms with E-state index in [1.165, 1.54) is 0 Å². The maximum atomic E-state index is 12.6. The predicted molar refractivity (Wildman–Crippen MR) is 73.3 cm³/mol. The molecule has 1 aliphatic heterocycles. The fourth-order valence-corrected chi connectivity index (χ4v) is 4.47. The van der Waals surface area contributed by atoms with Crippen LogP contribution in [0.25, 0.3) is 0 Å². The average molecular weight is 283 g/mol. The van der Waals surface area contributed by atoms with Crippen molar-refractivity contribution < 1.29 is 8.42 Å². The first kappa shape index (κ1) is 13.1. The summed E-state index contributed by atoms with van der Waals surface area (Å²) in [6.45, 7) is 2.70. The van der Waals surface area contributed by atoms with Gasteiger partial charge in [0, 0.05) is 25.0 Å². The Kier molecular flexibility index (Phi) is 3.64. The number of piperidine rings is 1. The molecule has 19 heavy (non-hydrogen) atoms. The number of nitrogens with zero attached hydrogens (tertiary/aromatic N) is 1. The normalized spacial score (nSPS) is 21.9. The molecule has 0 bridgehead atoms. The lowest BCUT2D eigenvalue weighted by Gasteiger charge is -2.29. The molecule has 2 aliphatic rings. The predicted octanol–water partition coefficient (Wildman–Crippen LogP) is 1.17. The van der Waals surface area contributed by atoms with E-state index in [1.54, 1.807) is 22.8 Å². The second-order valence-corrected chi connectivity index (χ2v) is 7.44. The van der Waals surface area contributed by atoms with E-state index in [1.807, 2.05) is 0 Å². The third kappa shape index (κ3) is 2.85. The third-order valence-electron chi connectivity index (χ3n) is 4.03. The summed E-state index contributed by atoms with van der Waals surface area (Å²) in [5.41, 5.74) is 0. The van der Waals surface area contributed by atoms with Crippen LogP contribution in [0.4, 0.5) is 0 Å². The van der Waals surface area contributed by atoms with Gasteiger partial charge in [0.1, 0.15) is 0 Å². The van der Waals surface area contributed by atoms with Crippen molar-refractivity contribution in [3.05, 3.63) is 18.5 Å². The Labute approximate surface area is 114 Å². The molecule has 106 valence electrons. The van der Waals surface area contributed by atoms with Crippen LogP contribution in [0, 0.1) is 5.92 Å². The summed E-state index contributed by atoms with van der Waals surface area (Å²) in [6.07, 6.45) is 7.41. The van der Waals surface area contributed by atoms with E-state index < -0.39 is 10.0 Å². The topological polar surface area (TPSA) is 65.2 Å². The molecule has 0 radical (unpaired) electrons. The summed E-state index contributed by atoms with van der Waals surface area (Å²) in [5.74, 6) is 0.496. The first-order valence-electron chi connectivity index (χ1n) is 7.03. The monoisotopic (exact) mass is 283 g/mol. The molecule has 1 aromatic rings. The van der Waals surface area contributed by atoms with Crippen molar-refractivity contribution in [1.29, 1.82) is 0 Å². The standard InChI is InChI=1S/C13H21N3O2S/c17-19(18,13-5-8-15-9-13)16(12-1-2-12)10-11-3-6-14-7-4-11/h5,8-9,11-12,14-15H,1-4,6-7,10H2.